The number of rotatable bonds is 3. The van der Waals surface area contributed by atoms with Crippen molar-refractivity contribution in [3.05, 3.63) is 59.2 Å². The van der Waals surface area contributed by atoms with Gasteiger partial charge in [-0.15, -0.1) is 0 Å². The minimum atomic E-state index is -3.99. The van der Waals surface area contributed by atoms with E-state index in [0.29, 0.717) is 23.8 Å². The van der Waals surface area contributed by atoms with Crippen LogP contribution in [0.15, 0.2) is 47.4 Å². The van der Waals surface area contributed by atoms with Crippen LogP contribution in [0.1, 0.15) is 34.3 Å². The molecule has 0 spiro atoms. The summed E-state index contributed by atoms with van der Waals surface area (Å²) in [5.41, 5.74) is 2.38. The molecule has 0 radical (unpaired) electrons. The van der Waals surface area contributed by atoms with Gasteiger partial charge in [-0.25, -0.2) is 12.7 Å². The molecule has 2 aliphatic rings. The molecule has 29 heavy (non-hydrogen) atoms. The van der Waals surface area contributed by atoms with E-state index in [2.05, 4.69) is 0 Å². The molecule has 0 saturated heterocycles. The second-order valence-corrected chi connectivity index (χ2v) is 9.20. The topological polar surface area (TPSA) is 84.0 Å². The molecule has 2 aromatic rings. The van der Waals surface area contributed by atoms with E-state index in [4.69, 9.17) is 4.74 Å². The van der Waals surface area contributed by atoms with Gasteiger partial charge in [0.05, 0.1) is 12.7 Å². The fourth-order valence-corrected chi connectivity index (χ4v) is 5.52. The van der Waals surface area contributed by atoms with Crippen LogP contribution in [0.3, 0.4) is 0 Å². The second kappa shape index (κ2) is 7.18. The van der Waals surface area contributed by atoms with Crippen molar-refractivity contribution in [2.45, 2.75) is 24.2 Å². The fourth-order valence-electron chi connectivity index (χ4n) is 4.00. The van der Waals surface area contributed by atoms with Crippen LogP contribution in [0.4, 0.5) is 0 Å². The van der Waals surface area contributed by atoms with Crippen LogP contribution in [0.2, 0.25) is 0 Å². The Kier molecular flexibility index (Phi) is 4.82. The van der Waals surface area contributed by atoms with Crippen LogP contribution >= 0.6 is 0 Å². The number of nitrogens with zero attached hydrogens (tertiary/aromatic N) is 2. The van der Waals surface area contributed by atoms with Crippen molar-refractivity contribution in [3.8, 4) is 5.75 Å². The SMILES string of the molecule is COc1ccc2c(c1)C(C)CN(C(=O)CN1C(=O)c3ccccc3S1(=O)=O)CC2. The molecule has 0 fully saturated rings. The van der Waals surface area contributed by atoms with Crippen molar-refractivity contribution in [2.75, 3.05) is 26.7 Å². The van der Waals surface area contributed by atoms with Gasteiger partial charge >= 0.3 is 0 Å². The molecular weight excluding hydrogens is 392 g/mol. The first kappa shape index (κ1) is 19.4. The highest BCUT2D eigenvalue weighted by Crippen LogP contribution is 2.31. The average molecular weight is 414 g/mol. The highest BCUT2D eigenvalue weighted by Gasteiger charge is 2.42. The molecule has 0 N–H and O–H groups in total. The zero-order valence-corrected chi connectivity index (χ0v) is 17.1. The number of carbonyl (C=O) groups excluding carboxylic acids is 2. The van der Waals surface area contributed by atoms with E-state index in [1.165, 1.54) is 12.1 Å². The normalized spacial score (nSPS) is 20.1. The second-order valence-electron chi connectivity index (χ2n) is 7.37. The van der Waals surface area contributed by atoms with Crippen LogP contribution < -0.4 is 4.74 Å². The lowest BCUT2D eigenvalue weighted by Gasteiger charge is -2.25. The van der Waals surface area contributed by atoms with E-state index in [9.17, 15) is 18.0 Å². The zero-order chi connectivity index (χ0) is 20.8. The van der Waals surface area contributed by atoms with Crippen molar-refractivity contribution in [1.29, 1.82) is 0 Å². The van der Waals surface area contributed by atoms with Crippen molar-refractivity contribution < 1.29 is 22.7 Å². The van der Waals surface area contributed by atoms with Crippen LogP contribution in [0.25, 0.3) is 0 Å². The maximum atomic E-state index is 13.0. The Morgan fingerprint density at radius 2 is 1.97 bits per heavy atom. The summed E-state index contributed by atoms with van der Waals surface area (Å²) in [4.78, 5) is 27.1. The molecule has 2 amide bonds. The fraction of sp³-hybridized carbons (Fsp3) is 0.333. The third-order valence-electron chi connectivity index (χ3n) is 5.57. The first-order valence-corrected chi connectivity index (χ1v) is 10.9. The Labute approximate surface area is 169 Å². The number of hydrogen-bond acceptors (Lipinski definition) is 5. The van der Waals surface area contributed by atoms with Crippen molar-refractivity contribution in [1.82, 2.24) is 9.21 Å². The Balaban J connectivity index is 1.54. The molecule has 7 nitrogen and oxygen atoms in total. The molecule has 152 valence electrons. The number of amides is 2. The lowest BCUT2D eigenvalue weighted by Crippen LogP contribution is -2.44. The highest BCUT2D eigenvalue weighted by molar-refractivity contribution is 7.90. The first-order valence-electron chi connectivity index (χ1n) is 9.43. The number of sulfonamides is 1. The van der Waals surface area contributed by atoms with E-state index in [-0.39, 0.29) is 22.3 Å². The molecule has 2 aromatic carbocycles. The largest absolute Gasteiger partial charge is 0.497 e. The molecule has 8 heteroatoms. The van der Waals surface area contributed by atoms with Crippen molar-refractivity contribution in [2.24, 2.45) is 0 Å². The zero-order valence-electron chi connectivity index (χ0n) is 16.3. The van der Waals surface area contributed by atoms with Gasteiger partial charge in [0, 0.05) is 13.1 Å². The van der Waals surface area contributed by atoms with Gasteiger partial charge in [-0.1, -0.05) is 25.1 Å². The van der Waals surface area contributed by atoms with E-state index in [0.717, 1.165) is 16.9 Å². The summed E-state index contributed by atoms with van der Waals surface area (Å²) < 4.78 is 31.4. The van der Waals surface area contributed by atoms with Gasteiger partial charge in [0.1, 0.15) is 17.2 Å². The Hall–Kier alpha value is -2.87. The summed E-state index contributed by atoms with van der Waals surface area (Å²) in [6, 6.07) is 11.9. The number of ether oxygens (including phenoxy) is 1. The van der Waals surface area contributed by atoms with Gasteiger partial charge in [-0.05, 0) is 47.7 Å². The molecule has 0 bridgehead atoms. The van der Waals surface area contributed by atoms with Gasteiger partial charge in [-0.3, -0.25) is 9.59 Å². The van der Waals surface area contributed by atoms with Crippen LogP contribution in [0.5, 0.6) is 5.75 Å². The first-order chi connectivity index (χ1) is 13.8. The Bertz CT molecular complexity index is 1100. The predicted molar refractivity (Wildman–Crippen MR) is 106 cm³/mol. The van der Waals surface area contributed by atoms with Gasteiger partial charge in [0.2, 0.25) is 5.91 Å². The van der Waals surface area contributed by atoms with E-state index < -0.39 is 22.5 Å². The van der Waals surface area contributed by atoms with Crippen LogP contribution in [0, 0.1) is 0 Å². The standard InChI is InChI=1S/C21H22N2O5S/c1-14-12-22(10-9-15-7-8-16(28-2)11-18(14)15)20(24)13-23-21(25)17-5-3-4-6-19(17)29(23,26)27/h3-8,11,14H,9-10,12-13H2,1-2H3. The maximum absolute atomic E-state index is 13.0. The summed E-state index contributed by atoms with van der Waals surface area (Å²) in [6.07, 6.45) is 0.663. The van der Waals surface area contributed by atoms with E-state index >= 15 is 0 Å². The number of carbonyl (C=O) groups is 2. The Morgan fingerprint density at radius 3 is 2.69 bits per heavy atom. The molecule has 1 unspecified atom stereocenters. The summed E-state index contributed by atoms with van der Waals surface area (Å²) >= 11 is 0. The number of methoxy groups -OCH3 is 1. The summed E-state index contributed by atoms with van der Waals surface area (Å²) in [5.74, 6) is -0.192. The molecule has 0 aromatic heterocycles. The minimum absolute atomic E-state index is 0.0402. The highest BCUT2D eigenvalue weighted by atomic mass is 32.2. The predicted octanol–water partition coefficient (Wildman–Crippen LogP) is 2.03. The molecule has 0 aliphatic carbocycles. The number of hydrogen-bond donors (Lipinski definition) is 0. The molecule has 2 heterocycles. The molecule has 1 atom stereocenters. The third-order valence-corrected chi connectivity index (χ3v) is 7.36. The molecule has 4 rings (SSSR count). The van der Waals surface area contributed by atoms with Gasteiger partial charge in [-0.2, -0.15) is 0 Å². The minimum Gasteiger partial charge on any atom is -0.497 e. The molecule has 2 aliphatic heterocycles. The summed E-state index contributed by atoms with van der Waals surface area (Å²) in [6.45, 7) is 2.46. The van der Waals surface area contributed by atoms with Gasteiger partial charge < -0.3 is 9.64 Å². The average Bonchev–Trinajstić information content (AvgIpc) is 2.84. The number of benzene rings is 2. The van der Waals surface area contributed by atoms with Crippen molar-refractivity contribution in [3.63, 3.8) is 0 Å². The monoisotopic (exact) mass is 414 g/mol. The lowest BCUT2D eigenvalue weighted by atomic mass is 9.95. The summed E-state index contributed by atoms with van der Waals surface area (Å²) in [5, 5.41) is 0. The smallest absolute Gasteiger partial charge is 0.269 e. The van der Waals surface area contributed by atoms with Crippen LogP contribution in [-0.4, -0.2) is 56.2 Å². The van der Waals surface area contributed by atoms with E-state index in [1.807, 2.05) is 25.1 Å². The molecule has 0 saturated carbocycles. The quantitative estimate of drug-likeness (QED) is 0.767. The van der Waals surface area contributed by atoms with Gasteiger partial charge in [0.25, 0.3) is 15.9 Å². The summed E-state index contributed by atoms with van der Waals surface area (Å²) in [7, 11) is -2.38. The number of fused-ring (bicyclic) bond motifs is 2. The lowest BCUT2D eigenvalue weighted by molar-refractivity contribution is -0.131. The molecular formula is C21H22N2O5S. The Morgan fingerprint density at radius 1 is 1.21 bits per heavy atom. The third kappa shape index (κ3) is 3.27. The van der Waals surface area contributed by atoms with Crippen LogP contribution in [-0.2, 0) is 21.2 Å². The van der Waals surface area contributed by atoms with Gasteiger partial charge in [0.15, 0.2) is 0 Å². The van der Waals surface area contributed by atoms with E-state index in [1.54, 1.807) is 24.1 Å². The van der Waals surface area contributed by atoms with Crippen molar-refractivity contribution >= 4 is 21.8 Å². The maximum Gasteiger partial charge on any atom is 0.269 e.